The summed E-state index contributed by atoms with van der Waals surface area (Å²) in [7, 11) is 0. The lowest BCUT2D eigenvalue weighted by Crippen LogP contribution is -2.42. The van der Waals surface area contributed by atoms with E-state index >= 15 is 0 Å². The molecule has 2 saturated heterocycles. The van der Waals surface area contributed by atoms with Crippen molar-refractivity contribution in [2.24, 2.45) is 0 Å². The molecule has 2 aliphatic heterocycles. The van der Waals surface area contributed by atoms with E-state index in [1.54, 1.807) is 0 Å². The summed E-state index contributed by atoms with van der Waals surface area (Å²) in [4.78, 5) is 2.30. The third-order valence-electron chi connectivity index (χ3n) is 4.19. The van der Waals surface area contributed by atoms with Crippen molar-refractivity contribution in [3.05, 3.63) is 35.4 Å². The van der Waals surface area contributed by atoms with E-state index in [1.807, 2.05) is 0 Å². The molecule has 0 saturated carbocycles. The van der Waals surface area contributed by atoms with Crippen LogP contribution in [0, 0.1) is 11.6 Å². The topological polar surface area (TPSA) is 3.24 Å². The molecule has 2 aliphatic rings. The van der Waals surface area contributed by atoms with Crippen molar-refractivity contribution in [3.8, 4) is 0 Å². The molecule has 2 unspecified atom stereocenters. The Bertz CT molecular complexity index is 437. The zero-order valence-corrected chi connectivity index (χ0v) is 10.8. The second kappa shape index (κ2) is 4.78. The van der Waals surface area contributed by atoms with Gasteiger partial charge in [-0.1, -0.05) is 0 Å². The maximum atomic E-state index is 13.7. The smallest absolute Gasteiger partial charge is 0.127 e. The van der Waals surface area contributed by atoms with Crippen molar-refractivity contribution in [2.75, 3.05) is 0 Å². The van der Waals surface area contributed by atoms with Crippen LogP contribution in [0.25, 0.3) is 0 Å². The fraction of sp³-hybridized carbons (Fsp3) is 0.571. The number of halogens is 3. The Hall–Kier alpha value is -0.670. The molecule has 98 valence electrons. The molecule has 0 N–H and O–H groups in total. The summed E-state index contributed by atoms with van der Waals surface area (Å²) in [5, 5.41) is 0.246. The Morgan fingerprint density at radius 3 is 2.50 bits per heavy atom. The Kier molecular flexibility index (Phi) is 3.29. The van der Waals surface area contributed by atoms with E-state index < -0.39 is 0 Å². The van der Waals surface area contributed by atoms with E-state index in [-0.39, 0.29) is 17.0 Å². The van der Waals surface area contributed by atoms with Crippen LogP contribution in [-0.4, -0.2) is 22.4 Å². The van der Waals surface area contributed by atoms with Gasteiger partial charge in [0.2, 0.25) is 0 Å². The lowest BCUT2D eigenvalue weighted by Gasteiger charge is -2.37. The number of nitrogens with zero attached hydrogens (tertiary/aromatic N) is 1. The van der Waals surface area contributed by atoms with E-state index in [0.29, 0.717) is 24.2 Å². The highest BCUT2D eigenvalue weighted by atomic mass is 35.5. The van der Waals surface area contributed by atoms with Crippen LogP contribution in [-0.2, 0) is 6.54 Å². The first-order chi connectivity index (χ1) is 8.63. The van der Waals surface area contributed by atoms with Gasteiger partial charge in [-0.15, -0.1) is 11.6 Å². The normalized spacial score (nSPS) is 31.8. The van der Waals surface area contributed by atoms with Crippen molar-refractivity contribution >= 4 is 11.6 Å². The number of piperidine rings is 1. The summed E-state index contributed by atoms with van der Waals surface area (Å²) < 4.78 is 26.8. The van der Waals surface area contributed by atoms with Crippen molar-refractivity contribution in [2.45, 2.75) is 49.7 Å². The van der Waals surface area contributed by atoms with Crippen LogP contribution in [0.2, 0.25) is 0 Å². The molecule has 0 amide bonds. The van der Waals surface area contributed by atoms with Crippen molar-refractivity contribution < 1.29 is 8.78 Å². The minimum absolute atomic E-state index is 0.246. The lowest BCUT2D eigenvalue weighted by molar-refractivity contribution is 0.132. The molecule has 0 aromatic heterocycles. The monoisotopic (exact) mass is 271 g/mol. The molecule has 3 rings (SSSR count). The Balaban J connectivity index is 1.79. The minimum atomic E-state index is -0.369. The fourth-order valence-corrected chi connectivity index (χ4v) is 3.74. The minimum Gasteiger partial charge on any atom is -0.293 e. The first-order valence-electron chi connectivity index (χ1n) is 6.47. The van der Waals surface area contributed by atoms with Crippen LogP contribution in [0.5, 0.6) is 0 Å². The van der Waals surface area contributed by atoms with Gasteiger partial charge in [0.1, 0.15) is 11.6 Å². The van der Waals surface area contributed by atoms with Crippen molar-refractivity contribution in [1.29, 1.82) is 0 Å². The average molecular weight is 272 g/mol. The quantitative estimate of drug-likeness (QED) is 0.742. The number of rotatable bonds is 2. The van der Waals surface area contributed by atoms with Gasteiger partial charge < -0.3 is 0 Å². The van der Waals surface area contributed by atoms with Gasteiger partial charge in [0.05, 0.1) is 0 Å². The zero-order valence-electron chi connectivity index (χ0n) is 10.1. The van der Waals surface area contributed by atoms with Crippen molar-refractivity contribution in [3.63, 3.8) is 0 Å². The second-order valence-corrected chi connectivity index (χ2v) is 5.98. The third kappa shape index (κ3) is 2.26. The summed E-state index contributed by atoms with van der Waals surface area (Å²) in [6, 6.07) is 4.56. The predicted octanol–water partition coefficient (Wildman–Crippen LogP) is 3.70. The summed E-state index contributed by atoms with van der Waals surface area (Å²) in [5.74, 6) is -0.685. The molecule has 1 nitrogen and oxygen atoms in total. The second-order valence-electron chi connectivity index (χ2n) is 5.36. The van der Waals surface area contributed by atoms with Gasteiger partial charge in [0, 0.05) is 29.6 Å². The standard InChI is InChI=1S/C14H16ClF2N/c15-10-6-12-2-3-13(7-10)18(12)8-9-5-11(16)1-4-14(9)17/h1,4-5,10,12-13H,2-3,6-8H2. The van der Waals surface area contributed by atoms with Crippen LogP contribution < -0.4 is 0 Å². The largest absolute Gasteiger partial charge is 0.293 e. The number of fused-ring (bicyclic) bond motifs is 2. The number of benzene rings is 1. The molecule has 2 heterocycles. The van der Waals surface area contributed by atoms with E-state index in [9.17, 15) is 8.78 Å². The number of alkyl halides is 1. The van der Waals surface area contributed by atoms with Gasteiger partial charge in [-0.2, -0.15) is 0 Å². The first kappa shape index (κ1) is 12.4. The Morgan fingerprint density at radius 2 is 1.83 bits per heavy atom. The third-order valence-corrected chi connectivity index (χ3v) is 4.54. The first-order valence-corrected chi connectivity index (χ1v) is 6.91. The van der Waals surface area contributed by atoms with Gasteiger partial charge in [-0.05, 0) is 43.9 Å². The summed E-state index contributed by atoms with van der Waals surface area (Å²) in [5.41, 5.74) is 0.458. The molecule has 2 fully saturated rings. The maximum Gasteiger partial charge on any atom is 0.127 e. The van der Waals surface area contributed by atoms with Crippen LogP contribution in [0.15, 0.2) is 18.2 Å². The van der Waals surface area contributed by atoms with Crippen LogP contribution in [0.4, 0.5) is 8.78 Å². The molecule has 18 heavy (non-hydrogen) atoms. The fourth-order valence-electron chi connectivity index (χ4n) is 3.33. The van der Waals surface area contributed by atoms with Crippen molar-refractivity contribution in [1.82, 2.24) is 4.90 Å². The molecule has 4 heteroatoms. The van der Waals surface area contributed by atoms with Gasteiger partial charge in [-0.3, -0.25) is 4.90 Å². The summed E-state index contributed by atoms with van der Waals surface area (Å²) >= 11 is 6.21. The van der Waals surface area contributed by atoms with Gasteiger partial charge >= 0.3 is 0 Å². The van der Waals surface area contributed by atoms with E-state index in [1.165, 1.54) is 18.2 Å². The molecule has 0 radical (unpaired) electrons. The van der Waals surface area contributed by atoms with E-state index in [2.05, 4.69) is 4.90 Å². The molecule has 2 atom stereocenters. The van der Waals surface area contributed by atoms with Crippen LogP contribution in [0.1, 0.15) is 31.2 Å². The Labute approximate surface area is 111 Å². The lowest BCUT2D eigenvalue weighted by atomic mass is 10.0. The van der Waals surface area contributed by atoms with Crippen LogP contribution in [0.3, 0.4) is 0 Å². The molecule has 1 aromatic rings. The van der Waals surface area contributed by atoms with E-state index in [0.717, 1.165) is 25.7 Å². The summed E-state index contributed by atoms with van der Waals surface area (Å²) in [6.45, 7) is 0.503. The zero-order chi connectivity index (χ0) is 12.7. The Morgan fingerprint density at radius 1 is 1.17 bits per heavy atom. The van der Waals surface area contributed by atoms with Gasteiger partial charge in [-0.25, -0.2) is 8.78 Å². The average Bonchev–Trinajstić information content (AvgIpc) is 2.57. The highest BCUT2D eigenvalue weighted by Gasteiger charge is 2.40. The van der Waals surface area contributed by atoms with E-state index in [4.69, 9.17) is 11.6 Å². The maximum absolute atomic E-state index is 13.7. The SMILES string of the molecule is Fc1ccc(F)c(CN2C3CCC2CC(Cl)C3)c1. The van der Waals surface area contributed by atoms with Crippen LogP contribution >= 0.6 is 11.6 Å². The number of hydrogen-bond acceptors (Lipinski definition) is 1. The molecule has 2 bridgehead atoms. The molecular formula is C14H16ClF2N. The highest BCUT2D eigenvalue weighted by molar-refractivity contribution is 6.20. The molecule has 0 aliphatic carbocycles. The molecular weight excluding hydrogens is 256 g/mol. The van der Waals surface area contributed by atoms with Gasteiger partial charge in [0.15, 0.2) is 0 Å². The predicted molar refractivity (Wildman–Crippen MR) is 67.6 cm³/mol. The molecule has 1 aromatic carbocycles. The van der Waals surface area contributed by atoms with Gasteiger partial charge in [0.25, 0.3) is 0 Å². The summed E-state index contributed by atoms with van der Waals surface area (Å²) in [6.07, 6.45) is 4.19. The molecule has 0 spiro atoms. The highest BCUT2D eigenvalue weighted by Crippen LogP contribution is 2.38. The number of hydrogen-bond donors (Lipinski definition) is 0.